The van der Waals surface area contributed by atoms with E-state index in [2.05, 4.69) is 72.5 Å². The molecule has 0 aromatic heterocycles. The van der Waals surface area contributed by atoms with Gasteiger partial charge >= 0.3 is 0 Å². The van der Waals surface area contributed by atoms with E-state index in [1.807, 2.05) is 30.4 Å². The Morgan fingerprint density at radius 1 is 0.679 bits per heavy atom. The topological polar surface area (TPSA) is 32.5 Å². The molecule has 146 valence electrons. The molecule has 0 bridgehead atoms. The predicted octanol–water partition coefficient (Wildman–Crippen LogP) is 5.22. The van der Waals surface area contributed by atoms with E-state index >= 15 is 0 Å². The molecule has 0 radical (unpaired) electrons. The maximum absolute atomic E-state index is 6.35. The molecule has 2 aromatic carbocycles. The highest BCUT2D eigenvalue weighted by Gasteiger charge is 2.08. The number of benzene rings is 2. The van der Waals surface area contributed by atoms with Crippen molar-refractivity contribution in [3.8, 4) is 0 Å². The van der Waals surface area contributed by atoms with Gasteiger partial charge in [0.15, 0.2) is 0 Å². The van der Waals surface area contributed by atoms with Gasteiger partial charge in [0.2, 0.25) is 0 Å². The monoisotopic (exact) mass is 373 g/mol. The van der Waals surface area contributed by atoms with Gasteiger partial charge in [0.1, 0.15) is 0 Å². The van der Waals surface area contributed by atoms with E-state index in [9.17, 15) is 0 Å². The summed E-state index contributed by atoms with van der Waals surface area (Å²) in [6.07, 6.45) is 8.38. The molecule has 2 aromatic rings. The molecule has 2 rings (SSSR count). The zero-order valence-electron chi connectivity index (χ0n) is 16.7. The summed E-state index contributed by atoms with van der Waals surface area (Å²) in [6.45, 7) is 18.4. The Bertz CT molecular complexity index is 785. The van der Waals surface area contributed by atoms with Crippen molar-refractivity contribution in [2.45, 2.75) is 6.42 Å². The Morgan fingerprint density at radius 3 is 1.61 bits per heavy atom. The molecule has 2 N–H and O–H groups in total. The molecule has 0 spiro atoms. The lowest BCUT2D eigenvalue weighted by Gasteiger charge is -2.23. The molecule has 0 aliphatic rings. The molecule has 0 heterocycles. The van der Waals surface area contributed by atoms with Gasteiger partial charge in [0, 0.05) is 43.2 Å². The summed E-state index contributed by atoms with van der Waals surface area (Å²) < 4.78 is 0. The Morgan fingerprint density at radius 2 is 1.14 bits per heavy atom. The summed E-state index contributed by atoms with van der Waals surface area (Å²) in [5.74, 6) is 0. The first-order chi connectivity index (χ1) is 13.6. The minimum absolute atomic E-state index is 0.762. The van der Waals surface area contributed by atoms with Gasteiger partial charge in [0.05, 0.1) is 0 Å². The van der Waals surface area contributed by atoms with Gasteiger partial charge in [-0.2, -0.15) is 0 Å². The highest BCUT2D eigenvalue weighted by molar-refractivity contribution is 5.61. The molecule has 0 aliphatic heterocycles. The smallest absolute Gasteiger partial charge is 0.0392 e. The second kappa shape index (κ2) is 10.8. The largest absolute Gasteiger partial charge is 0.398 e. The van der Waals surface area contributed by atoms with Crippen molar-refractivity contribution >= 4 is 17.1 Å². The number of nitrogens with two attached hydrogens (primary N) is 1. The van der Waals surface area contributed by atoms with Crippen molar-refractivity contribution in [3.05, 3.63) is 104 Å². The van der Waals surface area contributed by atoms with E-state index in [0.29, 0.717) is 0 Å². The van der Waals surface area contributed by atoms with Crippen LogP contribution in [0.3, 0.4) is 0 Å². The van der Waals surface area contributed by atoms with Gasteiger partial charge in [-0.05, 0) is 41.8 Å². The third kappa shape index (κ3) is 5.65. The SMILES string of the molecule is C=CCN(CC=C)c1ccc(Cc2ccc(N(CC=C)CC=C)cc2N)cc1. The fourth-order valence-electron chi connectivity index (χ4n) is 3.18. The molecule has 0 amide bonds. The Hall–Kier alpha value is -3.20. The maximum Gasteiger partial charge on any atom is 0.0392 e. The number of nitrogens with zero attached hydrogens (tertiary/aromatic N) is 2. The average molecular weight is 374 g/mol. The molecule has 0 aliphatic carbocycles. The zero-order chi connectivity index (χ0) is 20.4. The van der Waals surface area contributed by atoms with E-state index in [1.165, 1.54) is 5.56 Å². The summed E-state index contributed by atoms with van der Waals surface area (Å²) in [7, 11) is 0. The van der Waals surface area contributed by atoms with Gasteiger partial charge < -0.3 is 15.5 Å². The lowest BCUT2D eigenvalue weighted by Crippen LogP contribution is -2.23. The lowest BCUT2D eigenvalue weighted by molar-refractivity contribution is 0.954. The van der Waals surface area contributed by atoms with Crippen LogP contribution in [0.1, 0.15) is 11.1 Å². The summed E-state index contributed by atoms with van der Waals surface area (Å²) in [5.41, 5.74) is 11.8. The number of anilines is 3. The second-order valence-corrected chi connectivity index (χ2v) is 6.69. The van der Waals surface area contributed by atoms with Crippen LogP contribution in [0.2, 0.25) is 0 Å². The second-order valence-electron chi connectivity index (χ2n) is 6.69. The number of hydrogen-bond acceptors (Lipinski definition) is 3. The van der Waals surface area contributed by atoms with E-state index in [4.69, 9.17) is 5.73 Å². The van der Waals surface area contributed by atoms with Crippen LogP contribution in [0.4, 0.5) is 17.1 Å². The van der Waals surface area contributed by atoms with Crippen molar-refractivity contribution in [1.82, 2.24) is 0 Å². The number of hydrogen-bond donors (Lipinski definition) is 1. The van der Waals surface area contributed by atoms with Crippen LogP contribution in [-0.2, 0) is 6.42 Å². The van der Waals surface area contributed by atoms with Crippen molar-refractivity contribution in [2.75, 3.05) is 41.7 Å². The van der Waals surface area contributed by atoms with Crippen molar-refractivity contribution in [1.29, 1.82) is 0 Å². The van der Waals surface area contributed by atoms with E-state index in [0.717, 1.165) is 55.2 Å². The summed E-state index contributed by atoms with van der Waals surface area (Å²) in [4.78, 5) is 4.41. The van der Waals surface area contributed by atoms with E-state index in [-0.39, 0.29) is 0 Å². The minimum atomic E-state index is 0.762. The van der Waals surface area contributed by atoms with Gasteiger partial charge in [-0.15, -0.1) is 26.3 Å². The number of nitrogen functional groups attached to an aromatic ring is 1. The minimum Gasteiger partial charge on any atom is -0.398 e. The van der Waals surface area contributed by atoms with Crippen LogP contribution in [0, 0.1) is 0 Å². The Kier molecular flexibility index (Phi) is 8.16. The molecule has 0 saturated carbocycles. The molecular formula is C25H31N3. The highest BCUT2D eigenvalue weighted by atomic mass is 15.1. The van der Waals surface area contributed by atoms with Crippen molar-refractivity contribution in [3.63, 3.8) is 0 Å². The average Bonchev–Trinajstić information content (AvgIpc) is 2.70. The van der Waals surface area contributed by atoms with E-state index < -0.39 is 0 Å². The number of rotatable bonds is 12. The van der Waals surface area contributed by atoms with Gasteiger partial charge in [-0.3, -0.25) is 0 Å². The first kappa shape index (κ1) is 21.1. The van der Waals surface area contributed by atoms with Crippen molar-refractivity contribution in [2.24, 2.45) is 0 Å². The van der Waals surface area contributed by atoms with Crippen LogP contribution in [0.5, 0.6) is 0 Å². The fourth-order valence-corrected chi connectivity index (χ4v) is 3.18. The summed E-state index contributed by atoms with van der Waals surface area (Å²) in [6, 6.07) is 14.9. The quantitative estimate of drug-likeness (QED) is 0.409. The first-order valence-corrected chi connectivity index (χ1v) is 9.53. The van der Waals surface area contributed by atoms with Crippen LogP contribution >= 0.6 is 0 Å². The molecule has 3 heteroatoms. The van der Waals surface area contributed by atoms with Crippen LogP contribution < -0.4 is 15.5 Å². The van der Waals surface area contributed by atoms with Gasteiger partial charge in [0.25, 0.3) is 0 Å². The summed E-state index contributed by atoms with van der Waals surface area (Å²) >= 11 is 0. The molecule has 28 heavy (non-hydrogen) atoms. The molecular weight excluding hydrogens is 342 g/mol. The lowest BCUT2D eigenvalue weighted by atomic mass is 10.0. The fraction of sp³-hybridized carbons (Fsp3) is 0.200. The standard InChI is InChI=1S/C25H31N3/c1-5-15-27(16-6-2)23-12-9-21(10-13-23)19-22-11-14-24(20-25(22)26)28(17-7-3)18-8-4/h5-14,20H,1-4,15-19,26H2. The van der Waals surface area contributed by atoms with Gasteiger partial charge in [-0.25, -0.2) is 0 Å². The van der Waals surface area contributed by atoms with Gasteiger partial charge in [-0.1, -0.05) is 42.5 Å². The predicted molar refractivity (Wildman–Crippen MR) is 125 cm³/mol. The van der Waals surface area contributed by atoms with Crippen LogP contribution in [-0.4, -0.2) is 26.2 Å². The normalized spacial score (nSPS) is 10.1. The van der Waals surface area contributed by atoms with Crippen LogP contribution in [0.25, 0.3) is 0 Å². The third-order valence-corrected chi connectivity index (χ3v) is 4.59. The molecule has 0 atom stereocenters. The Labute approximate surface area is 169 Å². The molecule has 0 fully saturated rings. The van der Waals surface area contributed by atoms with Crippen molar-refractivity contribution < 1.29 is 0 Å². The molecule has 0 unspecified atom stereocenters. The summed E-state index contributed by atoms with van der Waals surface area (Å²) in [5, 5.41) is 0. The first-order valence-electron chi connectivity index (χ1n) is 9.53. The molecule has 3 nitrogen and oxygen atoms in total. The Balaban J connectivity index is 2.14. The highest BCUT2D eigenvalue weighted by Crippen LogP contribution is 2.25. The zero-order valence-corrected chi connectivity index (χ0v) is 16.7. The van der Waals surface area contributed by atoms with Crippen LogP contribution in [0.15, 0.2) is 93.1 Å². The molecule has 0 saturated heterocycles. The van der Waals surface area contributed by atoms with E-state index in [1.54, 1.807) is 0 Å². The third-order valence-electron chi connectivity index (χ3n) is 4.59. The maximum atomic E-state index is 6.35.